The summed E-state index contributed by atoms with van der Waals surface area (Å²) < 4.78 is 0. The lowest BCUT2D eigenvalue weighted by atomic mass is 10.1. The molecule has 0 aromatic heterocycles. The molecule has 2 heterocycles. The van der Waals surface area contributed by atoms with Crippen molar-refractivity contribution in [1.82, 2.24) is 10.2 Å². The van der Waals surface area contributed by atoms with Crippen LogP contribution in [-0.4, -0.2) is 35.0 Å². The van der Waals surface area contributed by atoms with E-state index in [0.717, 1.165) is 42.6 Å². The second-order valence-electron chi connectivity index (χ2n) is 5.08. The maximum atomic E-state index is 12.3. The first-order chi connectivity index (χ1) is 8.79. The Morgan fingerprint density at radius 2 is 2.33 bits per heavy atom. The van der Waals surface area contributed by atoms with Gasteiger partial charge in [-0.2, -0.15) is 0 Å². The standard InChI is InChI=1S/C14H18N2O2/c17-9-10-3-4-13-11(6-10)8-16(14(13)18)12-2-1-5-15-7-12/h3-4,6,12,15,17H,1-2,5,7-9H2. The summed E-state index contributed by atoms with van der Waals surface area (Å²) in [6, 6.07) is 5.94. The minimum absolute atomic E-state index is 0.0342. The Morgan fingerprint density at radius 1 is 1.44 bits per heavy atom. The summed E-state index contributed by atoms with van der Waals surface area (Å²) in [7, 11) is 0. The van der Waals surface area contributed by atoms with Gasteiger partial charge >= 0.3 is 0 Å². The molecule has 2 N–H and O–H groups in total. The molecule has 18 heavy (non-hydrogen) atoms. The van der Waals surface area contributed by atoms with Gasteiger partial charge in [0.15, 0.2) is 0 Å². The molecule has 2 aliphatic rings. The highest BCUT2D eigenvalue weighted by atomic mass is 16.3. The van der Waals surface area contributed by atoms with E-state index in [1.807, 2.05) is 23.1 Å². The number of aliphatic hydroxyl groups is 1. The normalized spacial score (nSPS) is 23.3. The molecule has 0 spiro atoms. The Balaban J connectivity index is 1.83. The molecular weight excluding hydrogens is 228 g/mol. The number of carbonyl (C=O) groups excluding carboxylic acids is 1. The third kappa shape index (κ3) is 1.91. The summed E-state index contributed by atoms with van der Waals surface area (Å²) in [5.41, 5.74) is 2.74. The number of amides is 1. The summed E-state index contributed by atoms with van der Waals surface area (Å²) in [5, 5.41) is 12.5. The van der Waals surface area contributed by atoms with Crippen LogP contribution in [0.5, 0.6) is 0 Å². The molecule has 1 aromatic rings. The van der Waals surface area contributed by atoms with Crippen LogP contribution in [0.25, 0.3) is 0 Å². The van der Waals surface area contributed by atoms with Crippen LogP contribution in [0.1, 0.15) is 34.3 Å². The average molecular weight is 246 g/mol. The van der Waals surface area contributed by atoms with E-state index in [4.69, 9.17) is 5.11 Å². The first-order valence-electron chi connectivity index (χ1n) is 6.54. The molecule has 3 rings (SSSR count). The minimum Gasteiger partial charge on any atom is -0.392 e. The second-order valence-corrected chi connectivity index (χ2v) is 5.08. The van der Waals surface area contributed by atoms with Gasteiger partial charge in [-0.15, -0.1) is 0 Å². The predicted octanol–water partition coefficient (Wildman–Crippen LogP) is 0.887. The number of rotatable bonds is 2. The van der Waals surface area contributed by atoms with Crippen LogP contribution in [0.2, 0.25) is 0 Å². The maximum absolute atomic E-state index is 12.3. The van der Waals surface area contributed by atoms with Crippen molar-refractivity contribution in [3.8, 4) is 0 Å². The molecule has 0 saturated carbocycles. The number of hydrogen-bond acceptors (Lipinski definition) is 3. The van der Waals surface area contributed by atoms with Gasteiger partial charge in [0.2, 0.25) is 0 Å². The van der Waals surface area contributed by atoms with E-state index in [2.05, 4.69) is 5.32 Å². The Hall–Kier alpha value is -1.39. The van der Waals surface area contributed by atoms with Crippen LogP contribution < -0.4 is 5.32 Å². The van der Waals surface area contributed by atoms with Crippen molar-refractivity contribution < 1.29 is 9.90 Å². The molecule has 2 aliphatic heterocycles. The van der Waals surface area contributed by atoms with Crippen LogP contribution >= 0.6 is 0 Å². The van der Waals surface area contributed by atoms with Gasteiger partial charge in [0.05, 0.1) is 6.61 Å². The highest BCUT2D eigenvalue weighted by Gasteiger charge is 2.33. The van der Waals surface area contributed by atoms with Gasteiger partial charge in [0.25, 0.3) is 5.91 Å². The van der Waals surface area contributed by atoms with Gasteiger partial charge < -0.3 is 15.3 Å². The molecule has 1 aromatic carbocycles. The third-order valence-electron chi connectivity index (χ3n) is 3.90. The molecule has 0 aliphatic carbocycles. The zero-order valence-electron chi connectivity index (χ0n) is 10.4. The number of nitrogens with zero attached hydrogens (tertiary/aromatic N) is 1. The Bertz CT molecular complexity index is 467. The predicted molar refractivity (Wildman–Crippen MR) is 68.1 cm³/mol. The molecule has 1 atom stereocenters. The maximum Gasteiger partial charge on any atom is 0.254 e. The minimum atomic E-state index is 0.0342. The van der Waals surface area contributed by atoms with Crippen molar-refractivity contribution in [2.45, 2.75) is 32.0 Å². The molecule has 4 nitrogen and oxygen atoms in total. The summed E-state index contributed by atoms with van der Waals surface area (Å²) >= 11 is 0. The lowest BCUT2D eigenvalue weighted by Gasteiger charge is -2.31. The van der Waals surface area contributed by atoms with E-state index in [9.17, 15) is 4.79 Å². The fourth-order valence-corrected chi connectivity index (χ4v) is 2.89. The molecular formula is C14H18N2O2. The molecule has 4 heteroatoms. The lowest BCUT2D eigenvalue weighted by Crippen LogP contribution is -2.46. The first kappa shape index (κ1) is 11.7. The molecule has 0 bridgehead atoms. The SMILES string of the molecule is O=C1c2ccc(CO)cc2CN1C1CCCNC1. The number of nitrogens with one attached hydrogen (secondary N) is 1. The fourth-order valence-electron chi connectivity index (χ4n) is 2.89. The van der Waals surface area contributed by atoms with Crippen LogP contribution in [-0.2, 0) is 13.2 Å². The highest BCUT2D eigenvalue weighted by Crippen LogP contribution is 2.27. The number of piperidine rings is 1. The summed E-state index contributed by atoms with van der Waals surface area (Å²) in [5.74, 6) is 0.142. The Labute approximate surface area is 107 Å². The molecule has 1 unspecified atom stereocenters. The van der Waals surface area contributed by atoms with Gasteiger partial charge in [-0.1, -0.05) is 12.1 Å². The smallest absolute Gasteiger partial charge is 0.254 e. The van der Waals surface area contributed by atoms with Crippen molar-refractivity contribution in [2.75, 3.05) is 13.1 Å². The van der Waals surface area contributed by atoms with Crippen molar-refractivity contribution in [2.24, 2.45) is 0 Å². The lowest BCUT2D eigenvalue weighted by molar-refractivity contribution is 0.0674. The van der Waals surface area contributed by atoms with Gasteiger partial charge in [-0.3, -0.25) is 4.79 Å². The van der Waals surface area contributed by atoms with E-state index in [-0.39, 0.29) is 12.5 Å². The van der Waals surface area contributed by atoms with Gasteiger partial charge in [0.1, 0.15) is 0 Å². The van der Waals surface area contributed by atoms with Crippen molar-refractivity contribution in [3.05, 3.63) is 34.9 Å². The molecule has 1 fully saturated rings. The number of carbonyl (C=O) groups is 1. The Kier molecular flexibility index (Phi) is 3.06. The summed E-state index contributed by atoms with van der Waals surface area (Å²) in [6.07, 6.45) is 2.21. The topological polar surface area (TPSA) is 52.6 Å². The van der Waals surface area contributed by atoms with Gasteiger partial charge in [0, 0.05) is 24.7 Å². The molecule has 96 valence electrons. The average Bonchev–Trinajstić information content (AvgIpc) is 2.76. The third-order valence-corrected chi connectivity index (χ3v) is 3.90. The first-order valence-corrected chi connectivity index (χ1v) is 6.54. The largest absolute Gasteiger partial charge is 0.392 e. The molecule has 1 amide bonds. The zero-order chi connectivity index (χ0) is 12.5. The number of fused-ring (bicyclic) bond motifs is 1. The van der Waals surface area contributed by atoms with E-state index in [1.165, 1.54) is 0 Å². The van der Waals surface area contributed by atoms with Crippen molar-refractivity contribution in [3.63, 3.8) is 0 Å². The monoisotopic (exact) mass is 246 g/mol. The number of benzene rings is 1. The van der Waals surface area contributed by atoms with Crippen molar-refractivity contribution >= 4 is 5.91 Å². The highest BCUT2D eigenvalue weighted by molar-refractivity contribution is 5.98. The summed E-state index contributed by atoms with van der Waals surface area (Å²) in [4.78, 5) is 14.3. The molecule has 1 saturated heterocycles. The van der Waals surface area contributed by atoms with Crippen molar-refractivity contribution in [1.29, 1.82) is 0 Å². The van der Waals surface area contributed by atoms with E-state index in [0.29, 0.717) is 12.6 Å². The van der Waals surface area contributed by atoms with Crippen LogP contribution in [0.15, 0.2) is 18.2 Å². The van der Waals surface area contributed by atoms with E-state index >= 15 is 0 Å². The molecule has 0 radical (unpaired) electrons. The second kappa shape index (κ2) is 4.71. The number of aliphatic hydroxyl groups excluding tert-OH is 1. The van der Waals surface area contributed by atoms with Crippen LogP contribution in [0.4, 0.5) is 0 Å². The van der Waals surface area contributed by atoms with Gasteiger partial charge in [-0.05, 0) is 36.6 Å². The van der Waals surface area contributed by atoms with Gasteiger partial charge in [-0.25, -0.2) is 0 Å². The van der Waals surface area contributed by atoms with E-state index in [1.54, 1.807) is 0 Å². The number of hydrogen-bond donors (Lipinski definition) is 2. The zero-order valence-corrected chi connectivity index (χ0v) is 10.4. The fraction of sp³-hybridized carbons (Fsp3) is 0.500. The van der Waals surface area contributed by atoms with E-state index < -0.39 is 0 Å². The van der Waals surface area contributed by atoms with Crippen LogP contribution in [0, 0.1) is 0 Å². The summed E-state index contributed by atoms with van der Waals surface area (Å²) in [6.45, 7) is 2.67. The van der Waals surface area contributed by atoms with Crippen LogP contribution in [0.3, 0.4) is 0 Å². The Morgan fingerprint density at radius 3 is 3.06 bits per heavy atom. The quantitative estimate of drug-likeness (QED) is 0.814.